The molecule has 0 radical (unpaired) electrons. The number of amides is 2. The zero-order valence-corrected chi connectivity index (χ0v) is 13.4. The van der Waals surface area contributed by atoms with Gasteiger partial charge in [0.1, 0.15) is 11.9 Å². The van der Waals surface area contributed by atoms with Crippen LogP contribution in [0, 0.1) is 0 Å². The van der Waals surface area contributed by atoms with Crippen molar-refractivity contribution < 1.29 is 19.1 Å². The fourth-order valence-electron chi connectivity index (χ4n) is 1.77. The molecule has 1 aromatic rings. The highest BCUT2D eigenvalue weighted by molar-refractivity contribution is 9.10. The second-order valence-electron chi connectivity index (χ2n) is 4.40. The first kappa shape index (κ1) is 16.1. The molecule has 2 N–H and O–H groups in total. The van der Waals surface area contributed by atoms with Crippen LogP contribution in [-0.4, -0.2) is 31.1 Å². The first-order valence-corrected chi connectivity index (χ1v) is 7.51. The summed E-state index contributed by atoms with van der Waals surface area (Å²) in [6.45, 7) is 0.339. The molecule has 114 valence electrons. The molecule has 0 unspecified atom stereocenters. The van der Waals surface area contributed by atoms with Gasteiger partial charge >= 0.3 is 0 Å². The number of hydrogen-bond acceptors (Lipinski definition) is 4. The van der Waals surface area contributed by atoms with Crippen molar-refractivity contribution in [1.82, 2.24) is 10.9 Å². The summed E-state index contributed by atoms with van der Waals surface area (Å²) in [5, 5.41) is 0.558. The lowest BCUT2D eigenvalue weighted by atomic mass is 10.2. The first-order chi connectivity index (χ1) is 10.1. The minimum atomic E-state index is -0.489. The van der Waals surface area contributed by atoms with Crippen molar-refractivity contribution in [2.75, 3.05) is 13.2 Å². The van der Waals surface area contributed by atoms with Gasteiger partial charge in [-0.3, -0.25) is 20.4 Å². The summed E-state index contributed by atoms with van der Waals surface area (Å²) in [7, 11) is 0. The summed E-state index contributed by atoms with van der Waals surface area (Å²) < 4.78 is 11.1. The second kappa shape index (κ2) is 7.63. The minimum Gasteiger partial charge on any atom is -0.483 e. The quantitative estimate of drug-likeness (QED) is 0.785. The maximum Gasteiger partial charge on any atom is 0.276 e. The Bertz CT molecular complexity index is 535. The number of halogens is 2. The Morgan fingerprint density at radius 3 is 2.90 bits per heavy atom. The van der Waals surface area contributed by atoms with Gasteiger partial charge in [-0.15, -0.1) is 0 Å². The summed E-state index contributed by atoms with van der Waals surface area (Å²) in [5.41, 5.74) is 4.58. The highest BCUT2D eigenvalue weighted by Gasteiger charge is 2.23. The predicted molar refractivity (Wildman–Crippen MR) is 79.9 cm³/mol. The van der Waals surface area contributed by atoms with E-state index in [2.05, 4.69) is 26.8 Å². The van der Waals surface area contributed by atoms with Crippen LogP contribution in [0.15, 0.2) is 22.7 Å². The van der Waals surface area contributed by atoms with E-state index < -0.39 is 12.0 Å². The molecule has 0 aliphatic carbocycles. The number of benzene rings is 1. The number of rotatable bonds is 4. The number of ether oxygens (including phenoxy) is 2. The van der Waals surface area contributed by atoms with Gasteiger partial charge in [0.25, 0.3) is 11.8 Å². The molecule has 1 fully saturated rings. The zero-order valence-electron chi connectivity index (χ0n) is 11.0. The lowest BCUT2D eigenvalue weighted by Gasteiger charge is -2.12. The molecule has 6 nitrogen and oxygen atoms in total. The van der Waals surface area contributed by atoms with Crippen molar-refractivity contribution in [2.45, 2.75) is 18.9 Å². The summed E-state index contributed by atoms with van der Waals surface area (Å²) in [6.07, 6.45) is 1.02. The summed E-state index contributed by atoms with van der Waals surface area (Å²) in [6, 6.07) is 4.96. The van der Waals surface area contributed by atoms with Crippen molar-refractivity contribution in [3.8, 4) is 5.75 Å². The van der Waals surface area contributed by atoms with E-state index in [9.17, 15) is 9.59 Å². The highest BCUT2D eigenvalue weighted by atomic mass is 79.9. The van der Waals surface area contributed by atoms with Crippen molar-refractivity contribution in [1.29, 1.82) is 0 Å². The molecule has 0 saturated carbocycles. The lowest BCUT2D eigenvalue weighted by Crippen LogP contribution is -2.47. The molecule has 1 aliphatic heterocycles. The third-order valence-electron chi connectivity index (χ3n) is 2.80. The van der Waals surface area contributed by atoms with E-state index in [4.69, 9.17) is 21.1 Å². The SMILES string of the molecule is O=C(COc1ccc(Cl)cc1Br)NNC(=O)[C@H]1CCCO1. The van der Waals surface area contributed by atoms with E-state index in [0.717, 1.165) is 6.42 Å². The van der Waals surface area contributed by atoms with Crippen LogP contribution in [0.1, 0.15) is 12.8 Å². The van der Waals surface area contributed by atoms with Crippen LogP contribution in [0.4, 0.5) is 0 Å². The minimum absolute atomic E-state index is 0.230. The van der Waals surface area contributed by atoms with Gasteiger partial charge in [0.15, 0.2) is 6.61 Å². The van der Waals surface area contributed by atoms with Gasteiger partial charge in [0.05, 0.1) is 4.47 Å². The molecule has 1 saturated heterocycles. The zero-order chi connectivity index (χ0) is 15.2. The van der Waals surface area contributed by atoms with Gasteiger partial charge in [-0.2, -0.15) is 0 Å². The second-order valence-corrected chi connectivity index (χ2v) is 5.69. The standard InChI is InChI=1S/C13H14BrClN2O4/c14-9-6-8(15)3-4-10(9)21-7-12(18)16-17-13(19)11-2-1-5-20-11/h3-4,6,11H,1-2,5,7H2,(H,16,18)(H,17,19)/t11-/m1/s1. The summed E-state index contributed by atoms with van der Waals surface area (Å²) in [4.78, 5) is 23.2. The fourth-order valence-corrected chi connectivity index (χ4v) is 2.57. The number of nitrogens with one attached hydrogen (secondary N) is 2. The van der Waals surface area contributed by atoms with Crippen molar-refractivity contribution in [3.05, 3.63) is 27.7 Å². The molecule has 8 heteroatoms. The van der Waals surface area contributed by atoms with E-state index in [1.807, 2.05) is 0 Å². The first-order valence-electron chi connectivity index (χ1n) is 6.34. The van der Waals surface area contributed by atoms with Gasteiger partial charge in [-0.25, -0.2) is 0 Å². The molecular weight excluding hydrogens is 364 g/mol. The topological polar surface area (TPSA) is 76.7 Å². The Morgan fingerprint density at radius 2 is 2.24 bits per heavy atom. The van der Waals surface area contributed by atoms with Crippen LogP contribution >= 0.6 is 27.5 Å². The third-order valence-corrected chi connectivity index (χ3v) is 3.65. The Balaban J connectivity index is 1.73. The predicted octanol–water partition coefficient (Wildman–Crippen LogP) is 1.81. The monoisotopic (exact) mass is 376 g/mol. The van der Waals surface area contributed by atoms with Gasteiger partial charge in [0, 0.05) is 11.6 Å². The van der Waals surface area contributed by atoms with E-state index >= 15 is 0 Å². The van der Waals surface area contributed by atoms with Crippen LogP contribution in [-0.2, 0) is 14.3 Å². The van der Waals surface area contributed by atoms with Gasteiger partial charge in [-0.1, -0.05) is 11.6 Å². The normalized spacial score (nSPS) is 17.3. The average Bonchev–Trinajstić information content (AvgIpc) is 2.98. The molecule has 1 aliphatic rings. The van der Waals surface area contributed by atoms with Crippen LogP contribution in [0.5, 0.6) is 5.75 Å². The number of hydrazine groups is 1. The van der Waals surface area contributed by atoms with Gasteiger partial charge in [0.2, 0.25) is 0 Å². The maximum absolute atomic E-state index is 11.6. The van der Waals surface area contributed by atoms with Crippen molar-refractivity contribution in [2.24, 2.45) is 0 Å². The lowest BCUT2D eigenvalue weighted by molar-refractivity contribution is -0.135. The molecule has 1 atom stereocenters. The molecule has 1 heterocycles. The Kier molecular flexibility index (Phi) is 5.84. The summed E-state index contributed by atoms with van der Waals surface area (Å²) in [5.74, 6) is -0.336. The molecule has 2 amide bonds. The smallest absolute Gasteiger partial charge is 0.276 e. The van der Waals surface area contributed by atoms with Crippen LogP contribution in [0.3, 0.4) is 0 Å². The van der Waals surface area contributed by atoms with Crippen LogP contribution in [0.25, 0.3) is 0 Å². The Morgan fingerprint density at radius 1 is 1.43 bits per heavy atom. The number of carbonyl (C=O) groups is 2. The molecule has 21 heavy (non-hydrogen) atoms. The highest BCUT2D eigenvalue weighted by Crippen LogP contribution is 2.27. The Hall–Kier alpha value is -1.31. The molecule has 0 spiro atoms. The third kappa shape index (κ3) is 4.87. The summed E-state index contributed by atoms with van der Waals surface area (Å²) >= 11 is 9.08. The molecule has 2 rings (SSSR count). The van der Waals surface area contributed by atoms with Crippen LogP contribution < -0.4 is 15.6 Å². The van der Waals surface area contributed by atoms with Crippen molar-refractivity contribution in [3.63, 3.8) is 0 Å². The molecule has 1 aromatic carbocycles. The van der Waals surface area contributed by atoms with E-state index in [0.29, 0.717) is 28.3 Å². The molecule has 0 bridgehead atoms. The van der Waals surface area contributed by atoms with Gasteiger partial charge < -0.3 is 9.47 Å². The number of carbonyl (C=O) groups excluding carboxylic acids is 2. The van der Waals surface area contributed by atoms with Crippen molar-refractivity contribution >= 4 is 39.3 Å². The van der Waals surface area contributed by atoms with Crippen LogP contribution in [0.2, 0.25) is 5.02 Å². The fraction of sp³-hybridized carbons (Fsp3) is 0.385. The average molecular weight is 378 g/mol. The van der Waals surface area contributed by atoms with E-state index in [-0.39, 0.29) is 12.5 Å². The Labute approximate surface area is 135 Å². The van der Waals surface area contributed by atoms with E-state index in [1.54, 1.807) is 18.2 Å². The maximum atomic E-state index is 11.6. The number of hydrogen-bond donors (Lipinski definition) is 2. The molecule has 0 aromatic heterocycles. The molecular formula is C13H14BrClN2O4. The largest absolute Gasteiger partial charge is 0.483 e. The van der Waals surface area contributed by atoms with Gasteiger partial charge in [-0.05, 0) is 47.0 Å². The van der Waals surface area contributed by atoms with E-state index in [1.165, 1.54) is 0 Å².